The number of para-hydroxylation sites is 1. The zero-order valence-electron chi connectivity index (χ0n) is 12.1. The Morgan fingerprint density at radius 1 is 1.24 bits per heavy atom. The van der Waals surface area contributed by atoms with E-state index >= 15 is 0 Å². The van der Waals surface area contributed by atoms with Crippen LogP contribution < -0.4 is 16.4 Å². The number of amides is 1. The maximum absolute atomic E-state index is 14.3. The molecule has 0 radical (unpaired) electrons. The van der Waals surface area contributed by atoms with Crippen LogP contribution in [0.1, 0.15) is 22.8 Å². The van der Waals surface area contributed by atoms with Gasteiger partial charge in [0.25, 0.3) is 5.91 Å². The molecular weight excluding hydrogens is 269 g/mol. The van der Waals surface area contributed by atoms with Gasteiger partial charge < -0.3 is 16.4 Å². The minimum Gasteiger partial charge on any atom is -0.398 e. The predicted octanol–water partition coefficient (Wildman–Crippen LogP) is 2.97. The van der Waals surface area contributed by atoms with Crippen LogP contribution in [0.5, 0.6) is 0 Å². The number of carbonyl (C=O) groups is 1. The number of nitrogens with two attached hydrogens (primary N) is 2. The molecule has 1 amide bonds. The maximum Gasteiger partial charge on any atom is 0.250 e. The quantitative estimate of drug-likeness (QED) is 0.849. The fourth-order valence-corrected chi connectivity index (χ4v) is 2.33. The van der Waals surface area contributed by atoms with Crippen LogP contribution >= 0.6 is 0 Å². The second kappa shape index (κ2) is 5.83. The number of nitrogen functional groups attached to an aromatic ring is 1. The number of carbonyl (C=O) groups excluding carboxylic acids is 1. The first-order chi connectivity index (χ1) is 9.95. The van der Waals surface area contributed by atoms with Gasteiger partial charge in [0.1, 0.15) is 5.82 Å². The highest BCUT2D eigenvalue weighted by Crippen LogP contribution is 2.32. The largest absolute Gasteiger partial charge is 0.398 e. The number of hydrogen-bond acceptors (Lipinski definition) is 3. The maximum atomic E-state index is 14.3. The van der Waals surface area contributed by atoms with Crippen molar-refractivity contribution in [3.05, 3.63) is 53.3 Å². The number of nitrogens with zero attached hydrogens (tertiary/aromatic N) is 1. The molecule has 2 aromatic carbocycles. The van der Waals surface area contributed by atoms with Gasteiger partial charge in [-0.15, -0.1) is 0 Å². The van der Waals surface area contributed by atoms with Gasteiger partial charge >= 0.3 is 0 Å². The van der Waals surface area contributed by atoms with Crippen LogP contribution in [0, 0.1) is 12.7 Å². The average Bonchev–Trinajstić information content (AvgIpc) is 2.43. The van der Waals surface area contributed by atoms with Gasteiger partial charge in [0.2, 0.25) is 0 Å². The van der Waals surface area contributed by atoms with E-state index in [4.69, 9.17) is 11.5 Å². The molecule has 0 unspecified atom stereocenters. The summed E-state index contributed by atoms with van der Waals surface area (Å²) in [7, 11) is 0. The monoisotopic (exact) mass is 287 g/mol. The van der Waals surface area contributed by atoms with Crippen molar-refractivity contribution in [1.29, 1.82) is 0 Å². The molecule has 0 bridgehead atoms. The molecule has 0 aromatic heterocycles. The van der Waals surface area contributed by atoms with Gasteiger partial charge in [0, 0.05) is 17.9 Å². The van der Waals surface area contributed by atoms with E-state index in [9.17, 15) is 9.18 Å². The Bertz CT molecular complexity index is 685. The van der Waals surface area contributed by atoms with Crippen molar-refractivity contribution in [3.63, 3.8) is 0 Å². The number of hydrogen-bond donors (Lipinski definition) is 2. The van der Waals surface area contributed by atoms with Crippen LogP contribution in [0.4, 0.5) is 21.5 Å². The zero-order valence-corrected chi connectivity index (χ0v) is 12.1. The Labute approximate surface area is 123 Å². The first-order valence-corrected chi connectivity index (χ1v) is 6.67. The molecule has 4 N–H and O–H groups in total. The number of aryl methyl sites for hydroxylation is 1. The highest BCUT2D eigenvalue weighted by molar-refractivity contribution is 5.99. The Balaban J connectivity index is 2.60. The van der Waals surface area contributed by atoms with Gasteiger partial charge in [-0.1, -0.05) is 18.2 Å². The molecule has 0 spiro atoms. The lowest BCUT2D eigenvalue weighted by Crippen LogP contribution is -2.21. The molecule has 0 saturated heterocycles. The van der Waals surface area contributed by atoms with Crippen LogP contribution in [0.15, 0.2) is 36.4 Å². The number of anilines is 3. The molecule has 0 atom stereocenters. The van der Waals surface area contributed by atoms with Gasteiger partial charge in [-0.2, -0.15) is 0 Å². The molecular formula is C16H18FN3O. The minimum atomic E-state index is -0.672. The van der Waals surface area contributed by atoms with E-state index in [-0.39, 0.29) is 16.9 Å². The molecule has 0 fully saturated rings. The molecule has 0 saturated carbocycles. The molecule has 0 aliphatic rings. The van der Waals surface area contributed by atoms with Crippen LogP contribution in [0.3, 0.4) is 0 Å². The van der Waals surface area contributed by atoms with Crippen LogP contribution in [0.25, 0.3) is 0 Å². The summed E-state index contributed by atoms with van der Waals surface area (Å²) in [6.45, 7) is 4.40. The standard InChI is InChI=1S/C16H18FN3O/c1-3-20(14-7-5-4-6-10(14)2)15-8-11(16(19)21)13(18)9-12(15)17/h4-9H,3,18H2,1-2H3,(H2,19,21). The van der Waals surface area contributed by atoms with Gasteiger partial charge in [-0.25, -0.2) is 4.39 Å². The van der Waals surface area contributed by atoms with Gasteiger partial charge in [-0.05, 0) is 37.6 Å². The summed E-state index contributed by atoms with van der Waals surface area (Å²) in [5.74, 6) is -1.16. The third-order valence-corrected chi connectivity index (χ3v) is 3.40. The Kier molecular flexibility index (Phi) is 4.12. The third kappa shape index (κ3) is 2.81. The molecule has 110 valence electrons. The topological polar surface area (TPSA) is 72.3 Å². The minimum absolute atomic E-state index is 0.0459. The summed E-state index contributed by atoms with van der Waals surface area (Å²) in [4.78, 5) is 13.2. The van der Waals surface area contributed by atoms with Crippen LogP contribution in [0.2, 0.25) is 0 Å². The van der Waals surface area contributed by atoms with Crippen LogP contribution in [-0.4, -0.2) is 12.5 Å². The van der Waals surface area contributed by atoms with E-state index in [1.54, 1.807) is 4.90 Å². The molecule has 5 heteroatoms. The Morgan fingerprint density at radius 3 is 2.48 bits per heavy atom. The molecule has 0 aliphatic carbocycles. The van der Waals surface area contributed by atoms with Crippen molar-refractivity contribution in [2.75, 3.05) is 17.2 Å². The number of rotatable bonds is 4. The van der Waals surface area contributed by atoms with E-state index in [1.807, 2.05) is 38.1 Å². The SMILES string of the molecule is CCN(c1ccccc1C)c1cc(C(N)=O)c(N)cc1F. The van der Waals surface area contributed by atoms with Gasteiger partial charge in [-0.3, -0.25) is 4.79 Å². The zero-order chi connectivity index (χ0) is 15.6. The van der Waals surface area contributed by atoms with E-state index < -0.39 is 11.7 Å². The highest BCUT2D eigenvalue weighted by atomic mass is 19.1. The van der Waals surface area contributed by atoms with Crippen molar-refractivity contribution in [2.24, 2.45) is 5.73 Å². The summed E-state index contributed by atoms with van der Waals surface area (Å²) in [5.41, 5.74) is 13.3. The fraction of sp³-hybridized carbons (Fsp3) is 0.188. The Hall–Kier alpha value is -2.56. The van der Waals surface area contributed by atoms with Crippen molar-refractivity contribution in [2.45, 2.75) is 13.8 Å². The number of benzene rings is 2. The van der Waals surface area contributed by atoms with Gasteiger partial charge in [0.05, 0.1) is 11.3 Å². The number of halogens is 1. The molecule has 0 aliphatic heterocycles. The van der Waals surface area contributed by atoms with Gasteiger partial charge in [0.15, 0.2) is 0 Å². The van der Waals surface area contributed by atoms with Crippen molar-refractivity contribution >= 4 is 23.0 Å². The molecule has 2 rings (SSSR count). The van der Waals surface area contributed by atoms with E-state index in [0.717, 1.165) is 17.3 Å². The Morgan fingerprint density at radius 2 is 1.90 bits per heavy atom. The third-order valence-electron chi connectivity index (χ3n) is 3.40. The summed E-state index contributed by atoms with van der Waals surface area (Å²) in [6, 6.07) is 10.2. The van der Waals surface area contributed by atoms with Crippen LogP contribution in [-0.2, 0) is 0 Å². The summed E-state index contributed by atoms with van der Waals surface area (Å²) >= 11 is 0. The highest BCUT2D eigenvalue weighted by Gasteiger charge is 2.18. The molecule has 2 aromatic rings. The average molecular weight is 287 g/mol. The molecule has 4 nitrogen and oxygen atoms in total. The summed E-state index contributed by atoms with van der Waals surface area (Å²) in [5, 5.41) is 0. The molecule has 21 heavy (non-hydrogen) atoms. The normalized spacial score (nSPS) is 10.4. The van der Waals surface area contributed by atoms with Crippen molar-refractivity contribution < 1.29 is 9.18 Å². The van der Waals surface area contributed by atoms with E-state index in [1.165, 1.54) is 6.07 Å². The lowest BCUT2D eigenvalue weighted by atomic mass is 10.1. The fourth-order valence-electron chi connectivity index (χ4n) is 2.33. The smallest absolute Gasteiger partial charge is 0.250 e. The number of primary amides is 1. The first kappa shape index (κ1) is 14.8. The summed E-state index contributed by atoms with van der Waals surface area (Å²) < 4.78 is 14.3. The van der Waals surface area contributed by atoms with E-state index in [2.05, 4.69) is 0 Å². The second-order valence-corrected chi connectivity index (χ2v) is 4.79. The van der Waals surface area contributed by atoms with Crippen molar-refractivity contribution in [1.82, 2.24) is 0 Å². The predicted molar refractivity (Wildman–Crippen MR) is 83.2 cm³/mol. The second-order valence-electron chi connectivity index (χ2n) is 4.79. The lowest BCUT2D eigenvalue weighted by Gasteiger charge is -2.26. The first-order valence-electron chi connectivity index (χ1n) is 6.67. The lowest BCUT2D eigenvalue weighted by molar-refractivity contribution is 0.100. The van der Waals surface area contributed by atoms with Crippen molar-refractivity contribution in [3.8, 4) is 0 Å². The molecule has 0 heterocycles. The summed E-state index contributed by atoms with van der Waals surface area (Å²) in [6.07, 6.45) is 0. The van der Waals surface area contributed by atoms with E-state index in [0.29, 0.717) is 6.54 Å².